The summed E-state index contributed by atoms with van der Waals surface area (Å²) >= 11 is 0. The number of fused-ring (bicyclic) bond motifs is 1. The molecule has 0 aliphatic carbocycles. The topological polar surface area (TPSA) is 169 Å². The summed E-state index contributed by atoms with van der Waals surface area (Å²) in [7, 11) is 0. The Kier molecular flexibility index (Phi) is 10.6. The van der Waals surface area contributed by atoms with Gasteiger partial charge in [0.2, 0.25) is 5.91 Å². The van der Waals surface area contributed by atoms with Crippen LogP contribution in [0.2, 0.25) is 0 Å². The predicted molar refractivity (Wildman–Crippen MR) is 146 cm³/mol. The second kappa shape index (κ2) is 14.1. The van der Waals surface area contributed by atoms with Crippen molar-refractivity contribution in [2.24, 2.45) is 17.2 Å². The van der Waals surface area contributed by atoms with Crippen molar-refractivity contribution in [1.29, 1.82) is 0 Å². The minimum atomic E-state index is -0.841. The highest BCUT2D eigenvalue weighted by atomic mass is 16.5. The van der Waals surface area contributed by atoms with Gasteiger partial charge < -0.3 is 42.6 Å². The van der Waals surface area contributed by atoms with E-state index in [9.17, 15) is 14.7 Å². The van der Waals surface area contributed by atoms with Crippen LogP contribution in [0.1, 0.15) is 34.5 Å². The lowest BCUT2D eigenvalue weighted by Crippen LogP contribution is -2.48. The number of nitrogens with two attached hydrogens (primary N) is 3. The van der Waals surface area contributed by atoms with Crippen molar-refractivity contribution in [3.8, 4) is 17.2 Å². The SMILES string of the molecule is CC(N)NCCNC(=O)C1c2ccc(Oc3ccccc3)cc2CCN1C(=O)c1ccccc1O.NCN. The number of ether oxygens (including phenoxy) is 1. The van der Waals surface area contributed by atoms with Crippen LogP contribution >= 0.6 is 0 Å². The molecule has 4 rings (SSSR count). The minimum absolute atomic E-state index is 0.116. The van der Waals surface area contributed by atoms with Gasteiger partial charge in [0, 0.05) is 26.3 Å². The fourth-order valence-corrected chi connectivity index (χ4v) is 4.18. The Morgan fingerprint density at radius 3 is 2.39 bits per heavy atom. The van der Waals surface area contributed by atoms with Crippen LogP contribution in [0, 0.1) is 0 Å². The number of hydrogen-bond acceptors (Lipinski definition) is 8. The summed E-state index contributed by atoms with van der Waals surface area (Å²) in [4.78, 5) is 28.3. The van der Waals surface area contributed by atoms with Crippen LogP contribution in [-0.2, 0) is 11.2 Å². The molecule has 3 aromatic carbocycles. The molecule has 1 aliphatic heterocycles. The molecular formula is C28H36N6O4. The highest BCUT2D eigenvalue weighted by molar-refractivity contribution is 6.00. The number of phenols is 1. The third-order valence-corrected chi connectivity index (χ3v) is 5.86. The van der Waals surface area contributed by atoms with E-state index in [1.165, 1.54) is 11.0 Å². The highest BCUT2D eigenvalue weighted by Crippen LogP contribution is 2.35. The largest absolute Gasteiger partial charge is 0.507 e. The van der Waals surface area contributed by atoms with Gasteiger partial charge in [-0.05, 0) is 60.9 Å². The quantitative estimate of drug-likeness (QED) is 0.193. The van der Waals surface area contributed by atoms with Gasteiger partial charge in [-0.25, -0.2) is 0 Å². The molecule has 0 bridgehead atoms. The lowest BCUT2D eigenvalue weighted by Gasteiger charge is -2.36. The number of aromatic hydroxyl groups is 1. The molecule has 2 amide bonds. The number of phenolic OH excluding ortho intramolecular Hbond substituents is 1. The van der Waals surface area contributed by atoms with Gasteiger partial charge in [-0.3, -0.25) is 9.59 Å². The van der Waals surface area contributed by atoms with Crippen molar-refractivity contribution in [1.82, 2.24) is 15.5 Å². The molecule has 0 fully saturated rings. The van der Waals surface area contributed by atoms with Crippen LogP contribution in [0.25, 0.3) is 0 Å². The molecule has 10 heteroatoms. The number of rotatable bonds is 8. The molecule has 0 spiro atoms. The standard InChI is InChI=1S/C27H30N4O4.CH6N2/c1-18(28)29-14-15-30-26(33)25-22-12-11-21(35-20-7-3-2-4-8-20)17-19(22)13-16-31(25)27(34)23-9-5-6-10-24(23)32;2-1-3/h2-12,17-18,25,29,32H,13-16,28H2,1H3,(H,30,33);1-3H2. The van der Waals surface area contributed by atoms with Crippen molar-refractivity contribution in [2.75, 3.05) is 26.3 Å². The van der Waals surface area contributed by atoms with E-state index in [0.717, 1.165) is 16.9 Å². The van der Waals surface area contributed by atoms with E-state index in [1.807, 2.05) is 49.4 Å². The molecule has 0 saturated heterocycles. The van der Waals surface area contributed by atoms with Crippen molar-refractivity contribution >= 4 is 11.8 Å². The lowest BCUT2D eigenvalue weighted by molar-refractivity contribution is -0.126. The first kappa shape index (κ1) is 28.6. The number of nitrogens with one attached hydrogen (secondary N) is 2. The van der Waals surface area contributed by atoms with Gasteiger partial charge in [0.25, 0.3) is 5.91 Å². The summed E-state index contributed by atoms with van der Waals surface area (Å²) in [6.45, 7) is 3.26. The number of carbonyl (C=O) groups is 2. The van der Waals surface area contributed by atoms with E-state index in [1.54, 1.807) is 24.3 Å². The zero-order chi connectivity index (χ0) is 27.5. The summed E-state index contributed by atoms with van der Waals surface area (Å²) in [5.41, 5.74) is 16.8. The Bertz CT molecular complexity index is 1200. The smallest absolute Gasteiger partial charge is 0.258 e. The summed E-state index contributed by atoms with van der Waals surface area (Å²) in [6.07, 6.45) is 0.362. The maximum absolute atomic E-state index is 13.4. The van der Waals surface area contributed by atoms with Crippen LogP contribution in [0.5, 0.6) is 17.2 Å². The average molecular weight is 521 g/mol. The van der Waals surface area contributed by atoms with E-state index >= 15 is 0 Å². The fraction of sp³-hybridized carbons (Fsp3) is 0.286. The van der Waals surface area contributed by atoms with Crippen molar-refractivity contribution in [3.05, 3.63) is 89.5 Å². The summed E-state index contributed by atoms with van der Waals surface area (Å²) < 4.78 is 5.97. The van der Waals surface area contributed by atoms with Gasteiger partial charge >= 0.3 is 0 Å². The van der Waals surface area contributed by atoms with Crippen molar-refractivity contribution in [3.63, 3.8) is 0 Å². The third-order valence-electron chi connectivity index (χ3n) is 5.86. The number of hydrogen-bond donors (Lipinski definition) is 6. The minimum Gasteiger partial charge on any atom is -0.507 e. The molecule has 3 aromatic rings. The van der Waals surface area contributed by atoms with Gasteiger partial charge in [-0.2, -0.15) is 0 Å². The Morgan fingerprint density at radius 1 is 1.03 bits per heavy atom. The van der Waals surface area contributed by atoms with Gasteiger partial charge in [0.15, 0.2) is 0 Å². The second-order valence-corrected chi connectivity index (χ2v) is 8.71. The molecule has 0 saturated carbocycles. The van der Waals surface area contributed by atoms with Crippen LogP contribution in [-0.4, -0.2) is 54.3 Å². The zero-order valence-corrected chi connectivity index (χ0v) is 21.5. The van der Waals surface area contributed by atoms with Gasteiger partial charge in [-0.15, -0.1) is 0 Å². The van der Waals surface area contributed by atoms with E-state index in [2.05, 4.69) is 22.1 Å². The average Bonchev–Trinajstić information content (AvgIpc) is 2.91. The fourth-order valence-electron chi connectivity index (χ4n) is 4.18. The van der Waals surface area contributed by atoms with Crippen molar-refractivity contribution in [2.45, 2.75) is 25.6 Å². The first-order valence-corrected chi connectivity index (χ1v) is 12.5. The number of amides is 2. The van der Waals surface area contributed by atoms with Crippen LogP contribution in [0.3, 0.4) is 0 Å². The molecule has 202 valence electrons. The zero-order valence-electron chi connectivity index (χ0n) is 21.5. The molecule has 2 unspecified atom stereocenters. The van der Waals surface area contributed by atoms with Gasteiger partial charge in [-0.1, -0.05) is 36.4 Å². The van der Waals surface area contributed by atoms with Crippen molar-refractivity contribution < 1.29 is 19.4 Å². The lowest BCUT2D eigenvalue weighted by atomic mass is 9.91. The molecule has 0 radical (unpaired) electrons. The molecule has 1 aliphatic rings. The Labute approximate surface area is 222 Å². The first-order chi connectivity index (χ1) is 18.3. The van der Waals surface area contributed by atoms with E-state index in [0.29, 0.717) is 31.8 Å². The first-order valence-electron chi connectivity index (χ1n) is 12.5. The summed E-state index contributed by atoms with van der Waals surface area (Å²) in [5.74, 6) is 0.576. The predicted octanol–water partition coefficient (Wildman–Crippen LogP) is 1.80. The molecule has 38 heavy (non-hydrogen) atoms. The molecule has 0 aromatic heterocycles. The van der Waals surface area contributed by atoms with Crippen LogP contribution < -0.4 is 32.6 Å². The number of nitrogens with zero attached hydrogens (tertiary/aromatic N) is 1. The Hall–Kier alpha value is -3.96. The number of para-hydroxylation sites is 2. The number of carbonyl (C=O) groups excluding carboxylic acids is 2. The molecule has 1 heterocycles. The normalized spacial score (nSPS) is 14.9. The third kappa shape index (κ3) is 7.53. The molecule has 10 nitrogen and oxygen atoms in total. The summed E-state index contributed by atoms with van der Waals surface area (Å²) in [6, 6.07) is 20.6. The Balaban J connectivity index is 0.00000127. The van der Waals surface area contributed by atoms with E-state index in [-0.39, 0.29) is 30.1 Å². The second-order valence-electron chi connectivity index (χ2n) is 8.71. The Morgan fingerprint density at radius 2 is 1.71 bits per heavy atom. The highest BCUT2D eigenvalue weighted by Gasteiger charge is 2.37. The summed E-state index contributed by atoms with van der Waals surface area (Å²) in [5, 5.41) is 16.2. The van der Waals surface area contributed by atoms with Gasteiger partial charge in [0.05, 0.1) is 11.7 Å². The van der Waals surface area contributed by atoms with Crippen LogP contribution in [0.4, 0.5) is 0 Å². The molecule has 9 N–H and O–H groups in total. The maximum Gasteiger partial charge on any atom is 0.258 e. The van der Waals surface area contributed by atoms with E-state index < -0.39 is 11.9 Å². The molecule has 2 atom stereocenters. The van der Waals surface area contributed by atoms with Gasteiger partial charge in [0.1, 0.15) is 23.3 Å². The number of benzene rings is 3. The monoisotopic (exact) mass is 520 g/mol. The van der Waals surface area contributed by atoms with E-state index in [4.69, 9.17) is 10.5 Å². The molecular weight excluding hydrogens is 484 g/mol. The maximum atomic E-state index is 13.4. The van der Waals surface area contributed by atoms with Crippen LogP contribution in [0.15, 0.2) is 72.8 Å².